The van der Waals surface area contributed by atoms with E-state index in [0.717, 1.165) is 41.9 Å². The van der Waals surface area contributed by atoms with Crippen LogP contribution in [-0.4, -0.2) is 35.5 Å². The Bertz CT molecular complexity index is 580. The minimum Gasteiger partial charge on any atom is -0.397 e. The lowest BCUT2D eigenvalue weighted by atomic mass is 10.1. The largest absolute Gasteiger partial charge is 0.397 e. The number of nitrogens with zero attached hydrogens (tertiary/aromatic N) is 2. The second-order valence-electron chi connectivity index (χ2n) is 5.23. The number of aromatic amines is 1. The van der Waals surface area contributed by atoms with E-state index >= 15 is 0 Å². The number of nitrogens with one attached hydrogen (secondary N) is 1. The molecule has 0 spiro atoms. The van der Waals surface area contributed by atoms with Crippen LogP contribution in [0.3, 0.4) is 0 Å². The Balaban J connectivity index is 2.02. The molecule has 3 N–H and O–H groups in total. The maximum atomic E-state index is 6.21. The molecule has 0 amide bonds. The van der Waals surface area contributed by atoms with Crippen LogP contribution < -0.4 is 10.6 Å². The monoisotopic (exact) mass is 260 g/mol. The highest BCUT2D eigenvalue weighted by molar-refractivity contribution is 5.89. The number of morpholine rings is 1. The third kappa shape index (κ3) is 2.14. The van der Waals surface area contributed by atoms with Crippen molar-refractivity contribution in [2.75, 3.05) is 23.8 Å². The predicted molar refractivity (Wildman–Crippen MR) is 77.3 cm³/mol. The maximum Gasteiger partial charge on any atom is 0.0723 e. The number of benzene rings is 1. The molecular weight excluding hydrogens is 240 g/mol. The van der Waals surface area contributed by atoms with E-state index in [0.29, 0.717) is 6.04 Å². The van der Waals surface area contributed by atoms with Gasteiger partial charge in [0, 0.05) is 11.9 Å². The molecule has 2 unspecified atom stereocenters. The highest BCUT2D eigenvalue weighted by atomic mass is 16.5. The number of hydrogen-bond acceptors (Lipinski definition) is 4. The SMILES string of the molecule is CCC1COC(C)CN1c1cc2[nH]ncc2cc1N. The van der Waals surface area contributed by atoms with Gasteiger partial charge in [-0.15, -0.1) is 0 Å². The first-order chi connectivity index (χ1) is 9.19. The Morgan fingerprint density at radius 1 is 1.53 bits per heavy atom. The molecule has 1 aliphatic heterocycles. The first-order valence-electron chi connectivity index (χ1n) is 6.80. The normalized spacial score (nSPS) is 24.0. The topological polar surface area (TPSA) is 67.2 Å². The Labute approximate surface area is 112 Å². The number of nitrogen functional groups attached to an aromatic ring is 1. The summed E-state index contributed by atoms with van der Waals surface area (Å²) in [5.74, 6) is 0. The average Bonchev–Trinajstić information content (AvgIpc) is 2.84. The van der Waals surface area contributed by atoms with Gasteiger partial charge in [0.25, 0.3) is 0 Å². The Morgan fingerprint density at radius 3 is 3.16 bits per heavy atom. The van der Waals surface area contributed by atoms with Crippen molar-refractivity contribution in [2.24, 2.45) is 0 Å². The van der Waals surface area contributed by atoms with Crippen molar-refractivity contribution in [1.82, 2.24) is 10.2 Å². The van der Waals surface area contributed by atoms with Gasteiger partial charge in [-0.05, 0) is 25.5 Å². The number of aromatic nitrogens is 2. The lowest BCUT2D eigenvalue weighted by Gasteiger charge is -2.40. The quantitative estimate of drug-likeness (QED) is 0.812. The fraction of sp³-hybridized carbons (Fsp3) is 0.500. The summed E-state index contributed by atoms with van der Waals surface area (Å²) >= 11 is 0. The molecule has 5 heteroatoms. The van der Waals surface area contributed by atoms with Gasteiger partial charge in [-0.3, -0.25) is 5.10 Å². The van der Waals surface area contributed by atoms with E-state index in [4.69, 9.17) is 10.5 Å². The standard InChI is InChI=1S/C14H20N4O/c1-3-11-8-19-9(2)7-18(11)14-5-13-10(4-12(14)15)6-16-17-13/h4-6,9,11H,3,7-8,15H2,1-2H3,(H,16,17). The van der Waals surface area contributed by atoms with Gasteiger partial charge in [-0.2, -0.15) is 5.10 Å². The zero-order valence-electron chi connectivity index (χ0n) is 11.4. The molecular formula is C14H20N4O. The van der Waals surface area contributed by atoms with Crippen molar-refractivity contribution in [3.05, 3.63) is 18.3 Å². The number of rotatable bonds is 2. The third-order valence-electron chi connectivity index (χ3n) is 3.84. The summed E-state index contributed by atoms with van der Waals surface area (Å²) in [6, 6.07) is 4.47. The van der Waals surface area contributed by atoms with E-state index in [-0.39, 0.29) is 6.10 Å². The molecule has 1 aromatic carbocycles. The van der Waals surface area contributed by atoms with Crippen LogP contribution in [0, 0.1) is 0 Å². The van der Waals surface area contributed by atoms with Crippen LogP contribution in [0.2, 0.25) is 0 Å². The number of nitrogens with two attached hydrogens (primary N) is 1. The van der Waals surface area contributed by atoms with E-state index in [1.54, 1.807) is 6.20 Å². The molecule has 0 aliphatic carbocycles. The summed E-state index contributed by atoms with van der Waals surface area (Å²) in [6.45, 7) is 5.92. The second-order valence-corrected chi connectivity index (χ2v) is 5.23. The number of ether oxygens (including phenoxy) is 1. The van der Waals surface area contributed by atoms with Crippen molar-refractivity contribution < 1.29 is 4.74 Å². The van der Waals surface area contributed by atoms with Crippen LogP contribution in [0.15, 0.2) is 18.3 Å². The van der Waals surface area contributed by atoms with Crippen LogP contribution in [-0.2, 0) is 4.74 Å². The Hall–Kier alpha value is -1.75. The Morgan fingerprint density at radius 2 is 2.37 bits per heavy atom. The van der Waals surface area contributed by atoms with Crippen molar-refractivity contribution in [2.45, 2.75) is 32.4 Å². The molecule has 102 valence electrons. The lowest BCUT2D eigenvalue weighted by molar-refractivity contribution is 0.0300. The molecule has 1 saturated heterocycles. The molecule has 1 fully saturated rings. The molecule has 19 heavy (non-hydrogen) atoms. The highest BCUT2D eigenvalue weighted by Gasteiger charge is 2.27. The zero-order chi connectivity index (χ0) is 13.4. The van der Waals surface area contributed by atoms with E-state index < -0.39 is 0 Å². The van der Waals surface area contributed by atoms with Gasteiger partial charge < -0.3 is 15.4 Å². The number of anilines is 2. The van der Waals surface area contributed by atoms with Crippen LogP contribution in [0.25, 0.3) is 10.9 Å². The van der Waals surface area contributed by atoms with Gasteiger partial charge in [0.2, 0.25) is 0 Å². The lowest BCUT2D eigenvalue weighted by Crippen LogP contribution is -2.48. The molecule has 0 saturated carbocycles. The minimum absolute atomic E-state index is 0.236. The molecule has 0 radical (unpaired) electrons. The number of hydrogen-bond donors (Lipinski definition) is 2. The second kappa shape index (κ2) is 4.74. The molecule has 2 heterocycles. The first kappa shape index (κ1) is 12.3. The third-order valence-corrected chi connectivity index (χ3v) is 3.84. The first-order valence-corrected chi connectivity index (χ1v) is 6.80. The summed E-state index contributed by atoms with van der Waals surface area (Å²) in [5, 5.41) is 8.12. The van der Waals surface area contributed by atoms with E-state index in [1.165, 1.54) is 0 Å². The molecule has 5 nitrogen and oxygen atoms in total. The Kier molecular flexibility index (Phi) is 3.06. The van der Waals surface area contributed by atoms with Gasteiger partial charge >= 0.3 is 0 Å². The van der Waals surface area contributed by atoms with Gasteiger partial charge in [0.15, 0.2) is 0 Å². The molecule has 0 bridgehead atoms. The average molecular weight is 260 g/mol. The molecule has 2 aromatic rings. The molecule has 1 aliphatic rings. The molecule has 2 atom stereocenters. The van der Waals surface area contributed by atoms with Crippen LogP contribution >= 0.6 is 0 Å². The summed E-state index contributed by atoms with van der Waals surface area (Å²) in [5.41, 5.74) is 9.13. The van der Waals surface area contributed by atoms with Crippen molar-refractivity contribution in [3.8, 4) is 0 Å². The van der Waals surface area contributed by atoms with E-state index in [2.05, 4.69) is 35.0 Å². The summed E-state index contributed by atoms with van der Waals surface area (Å²) in [6.07, 6.45) is 3.08. The number of fused-ring (bicyclic) bond motifs is 1. The highest BCUT2D eigenvalue weighted by Crippen LogP contribution is 2.32. The van der Waals surface area contributed by atoms with Crippen LogP contribution in [0.4, 0.5) is 11.4 Å². The van der Waals surface area contributed by atoms with Gasteiger partial charge in [0.05, 0.1) is 41.8 Å². The van der Waals surface area contributed by atoms with Crippen molar-refractivity contribution in [1.29, 1.82) is 0 Å². The number of H-pyrrole nitrogens is 1. The summed E-state index contributed by atoms with van der Waals surface area (Å²) < 4.78 is 5.74. The van der Waals surface area contributed by atoms with Gasteiger partial charge in [-0.25, -0.2) is 0 Å². The molecule has 1 aromatic heterocycles. The fourth-order valence-electron chi connectivity index (χ4n) is 2.72. The summed E-state index contributed by atoms with van der Waals surface area (Å²) in [7, 11) is 0. The zero-order valence-corrected chi connectivity index (χ0v) is 11.4. The van der Waals surface area contributed by atoms with E-state index in [9.17, 15) is 0 Å². The van der Waals surface area contributed by atoms with Gasteiger partial charge in [0.1, 0.15) is 0 Å². The van der Waals surface area contributed by atoms with Crippen LogP contribution in [0.5, 0.6) is 0 Å². The maximum absolute atomic E-state index is 6.21. The van der Waals surface area contributed by atoms with Crippen molar-refractivity contribution >= 4 is 22.3 Å². The minimum atomic E-state index is 0.236. The van der Waals surface area contributed by atoms with E-state index in [1.807, 2.05) is 6.07 Å². The fourth-order valence-corrected chi connectivity index (χ4v) is 2.72. The van der Waals surface area contributed by atoms with Gasteiger partial charge in [-0.1, -0.05) is 6.92 Å². The summed E-state index contributed by atoms with van der Waals surface area (Å²) in [4.78, 5) is 2.36. The van der Waals surface area contributed by atoms with Crippen molar-refractivity contribution in [3.63, 3.8) is 0 Å². The predicted octanol–water partition coefficient (Wildman–Crippen LogP) is 2.15. The smallest absolute Gasteiger partial charge is 0.0723 e. The van der Waals surface area contributed by atoms with Crippen LogP contribution in [0.1, 0.15) is 20.3 Å². The molecule has 3 rings (SSSR count).